The van der Waals surface area contributed by atoms with Crippen molar-refractivity contribution in [3.63, 3.8) is 0 Å². The highest BCUT2D eigenvalue weighted by Crippen LogP contribution is 2.18. The number of anilines is 2. The summed E-state index contributed by atoms with van der Waals surface area (Å²) in [5, 5.41) is 11.4. The number of carbonyl (C=O) groups is 1. The molecule has 0 atom stereocenters. The van der Waals surface area contributed by atoms with Gasteiger partial charge in [-0.3, -0.25) is 4.79 Å². The number of thiazole rings is 1. The number of carbonyl (C=O) groups excluding carboxylic acids is 1. The predicted molar refractivity (Wildman–Crippen MR) is 77.6 cm³/mol. The highest BCUT2D eigenvalue weighted by atomic mass is 32.1. The number of nitrogens with zero attached hydrogens (tertiary/aromatic N) is 5. The Kier molecular flexibility index (Phi) is 4.01. The van der Waals surface area contributed by atoms with E-state index >= 15 is 0 Å². The second-order valence-electron chi connectivity index (χ2n) is 4.15. The van der Waals surface area contributed by atoms with Crippen LogP contribution < -0.4 is 10.6 Å². The lowest BCUT2D eigenvalue weighted by Crippen LogP contribution is -2.23. The van der Waals surface area contributed by atoms with Gasteiger partial charge >= 0.3 is 0 Å². The molecule has 0 fully saturated rings. The summed E-state index contributed by atoms with van der Waals surface area (Å²) in [4.78, 5) is 28.2. The van der Waals surface area contributed by atoms with Gasteiger partial charge in [0.15, 0.2) is 11.0 Å². The van der Waals surface area contributed by atoms with Crippen molar-refractivity contribution in [2.45, 2.75) is 13.5 Å². The molecule has 10 heteroatoms. The van der Waals surface area contributed by atoms with Gasteiger partial charge in [0, 0.05) is 17.8 Å². The van der Waals surface area contributed by atoms with E-state index in [4.69, 9.17) is 4.52 Å². The van der Waals surface area contributed by atoms with Gasteiger partial charge in [0.25, 0.3) is 5.91 Å². The second kappa shape index (κ2) is 6.26. The van der Waals surface area contributed by atoms with E-state index in [-0.39, 0.29) is 12.5 Å². The van der Waals surface area contributed by atoms with Crippen LogP contribution in [0, 0.1) is 6.92 Å². The van der Waals surface area contributed by atoms with Crippen LogP contribution in [0.15, 0.2) is 28.4 Å². The van der Waals surface area contributed by atoms with Crippen LogP contribution >= 0.6 is 11.3 Å². The van der Waals surface area contributed by atoms with Crippen molar-refractivity contribution in [2.24, 2.45) is 0 Å². The first kappa shape index (κ1) is 14.1. The van der Waals surface area contributed by atoms with Crippen molar-refractivity contribution in [3.8, 4) is 0 Å². The maximum atomic E-state index is 12.0. The van der Waals surface area contributed by atoms with Gasteiger partial charge in [-0.1, -0.05) is 5.16 Å². The Labute approximate surface area is 128 Å². The number of aryl methyl sites for hydroxylation is 1. The highest BCUT2D eigenvalue weighted by molar-refractivity contribution is 7.14. The Morgan fingerprint density at radius 1 is 1.32 bits per heavy atom. The molecule has 0 unspecified atom stereocenters. The smallest absolute Gasteiger partial charge is 0.271 e. The Bertz CT molecular complexity index is 771. The van der Waals surface area contributed by atoms with Crippen LogP contribution in [0.25, 0.3) is 0 Å². The fourth-order valence-corrected chi connectivity index (χ4v) is 2.24. The van der Waals surface area contributed by atoms with Gasteiger partial charge in [0.1, 0.15) is 5.69 Å². The normalized spacial score (nSPS) is 10.4. The maximum absolute atomic E-state index is 12.0. The summed E-state index contributed by atoms with van der Waals surface area (Å²) in [5.74, 6) is 0.962. The van der Waals surface area contributed by atoms with Gasteiger partial charge in [0.2, 0.25) is 11.8 Å². The Hall–Kier alpha value is -2.88. The summed E-state index contributed by atoms with van der Waals surface area (Å²) >= 11 is 1.28. The lowest BCUT2D eigenvalue weighted by atomic mass is 10.4. The highest BCUT2D eigenvalue weighted by Gasteiger charge is 2.12. The summed E-state index contributed by atoms with van der Waals surface area (Å²) < 4.78 is 4.91. The molecule has 0 aliphatic rings. The molecule has 0 aromatic carbocycles. The van der Waals surface area contributed by atoms with Gasteiger partial charge in [-0.2, -0.15) is 4.98 Å². The molecule has 3 heterocycles. The average molecular weight is 317 g/mol. The first-order chi connectivity index (χ1) is 10.7. The first-order valence-corrected chi connectivity index (χ1v) is 7.15. The van der Waals surface area contributed by atoms with Crippen LogP contribution in [0.2, 0.25) is 0 Å². The molecule has 0 spiro atoms. The van der Waals surface area contributed by atoms with Crippen LogP contribution in [-0.2, 0) is 6.54 Å². The van der Waals surface area contributed by atoms with Crippen LogP contribution in [0.1, 0.15) is 22.2 Å². The molecule has 1 amide bonds. The third-order valence-corrected chi connectivity index (χ3v) is 3.25. The molecule has 3 aromatic rings. The summed E-state index contributed by atoms with van der Waals surface area (Å²) in [6, 6.07) is 1.71. The van der Waals surface area contributed by atoms with Crippen LogP contribution in [0.5, 0.6) is 0 Å². The zero-order valence-electron chi connectivity index (χ0n) is 11.5. The number of hydrogen-bond donors (Lipinski definition) is 2. The molecule has 0 saturated carbocycles. The lowest BCUT2D eigenvalue weighted by molar-refractivity contribution is 0.0942. The quantitative estimate of drug-likeness (QED) is 0.722. The monoisotopic (exact) mass is 317 g/mol. The standard InChI is InChI=1S/C12H11N7O2S/c1-7-16-9(21-19-7)5-15-10(20)8-6-22-12(17-8)18-11-13-3-2-4-14-11/h2-4,6H,5H2,1H3,(H,15,20)(H,13,14,17,18). The van der Waals surface area contributed by atoms with E-state index in [2.05, 4.69) is 35.7 Å². The molecule has 112 valence electrons. The topological polar surface area (TPSA) is 119 Å². The van der Waals surface area contributed by atoms with E-state index < -0.39 is 0 Å². The Morgan fingerprint density at radius 3 is 2.86 bits per heavy atom. The summed E-state index contributed by atoms with van der Waals surface area (Å²) in [7, 11) is 0. The maximum Gasteiger partial charge on any atom is 0.271 e. The minimum atomic E-state index is -0.325. The molecule has 0 bridgehead atoms. The molecule has 3 rings (SSSR count). The van der Waals surface area contributed by atoms with E-state index in [0.717, 1.165) is 0 Å². The SMILES string of the molecule is Cc1noc(CNC(=O)c2csc(Nc3ncccn3)n2)n1. The van der Waals surface area contributed by atoms with Gasteiger partial charge in [-0.05, 0) is 13.0 Å². The van der Waals surface area contributed by atoms with Crippen molar-refractivity contribution in [3.05, 3.63) is 41.2 Å². The third kappa shape index (κ3) is 3.41. The Balaban J connectivity index is 1.59. The van der Waals surface area contributed by atoms with Gasteiger partial charge in [-0.25, -0.2) is 15.0 Å². The molecular formula is C12H11N7O2S. The second-order valence-corrected chi connectivity index (χ2v) is 5.01. The van der Waals surface area contributed by atoms with E-state index in [1.807, 2.05) is 0 Å². The summed E-state index contributed by atoms with van der Waals surface area (Å²) in [5.41, 5.74) is 0.291. The van der Waals surface area contributed by atoms with Gasteiger partial charge in [-0.15, -0.1) is 11.3 Å². The minimum Gasteiger partial charge on any atom is -0.342 e. The molecular weight excluding hydrogens is 306 g/mol. The van der Waals surface area contributed by atoms with Crippen molar-refractivity contribution < 1.29 is 9.32 Å². The van der Waals surface area contributed by atoms with E-state index in [0.29, 0.717) is 28.5 Å². The van der Waals surface area contributed by atoms with Crippen LogP contribution in [0.3, 0.4) is 0 Å². The van der Waals surface area contributed by atoms with Crippen LogP contribution in [0.4, 0.5) is 11.1 Å². The third-order valence-electron chi connectivity index (χ3n) is 2.49. The first-order valence-electron chi connectivity index (χ1n) is 6.27. The van der Waals surface area contributed by atoms with Crippen molar-refractivity contribution in [1.82, 2.24) is 30.4 Å². The molecule has 0 aliphatic heterocycles. The summed E-state index contributed by atoms with van der Waals surface area (Å²) in [6.07, 6.45) is 3.23. The fraction of sp³-hybridized carbons (Fsp3) is 0.167. The number of aromatic nitrogens is 5. The lowest BCUT2D eigenvalue weighted by Gasteiger charge is -1.99. The molecule has 9 nitrogen and oxygen atoms in total. The predicted octanol–water partition coefficient (Wildman–Crippen LogP) is 1.30. The largest absolute Gasteiger partial charge is 0.342 e. The van der Waals surface area contributed by atoms with Crippen LogP contribution in [-0.4, -0.2) is 31.0 Å². The van der Waals surface area contributed by atoms with E-state index in [9.17, 15) is 4.79 Å². The number of nitrogens with one attached hydrogen (secondary N) is 2. The molecule has 0 radical (unpaired) electrons. The zero-order chi connectivity index (χ0) is 15.4. The minimum absolute atomic E-state index is 0.155. The van der Waals surface area contributed by atoms with Crippen molar-refractivity contribution in [2.75, 3.05) is 5.32 Å². The van der Waals surface area contributed by atoms with Gasteiger partial charge < -0.3 is 15.2 Å². The average Bonchev–Trinajstić information content (AvgIpc) is 3.15. The zero-order valence-corrected chi connectivity index (χ0v) is 12.3. The molecule has 22 heavy (non-hydrogen) atoms. The van der Waals surface area contributed by atoms with Gasteiger partial charge in [0.05, 0.1) is 6.54 Å². The fourth-order valence-electron chi connectivity index (χ4n) is 1.55. The van der Waals surface area contributed by atoms with E-state index in [1.165, 1.54) is 11.3 Å². The molecule has 0 saturated heterocycles. The van der Waals surface area contributed by atoms with Crippen molar-refractivity contribution in [1.29, 1.82) is 0 Å². The van der Waals surface area contributed by atoms with Crippen molar-refractivity contribution >= 4 is 28.3 Å². The molecule has 2 N–H and O–H groups in total. The molecule has 0 aliphatic carbocycles. The number of amides is 1. The number of rotatable bonds is 5. The Morgan fingerprint density at radius 2 is 2.14 bits per heavy atom. The summed E-state index contributed by atoms with van der Waals surface area (Å²) in [6.45, 7) is 1.86. The van der Waals surface area contributed by atoms with E-state index in [1.54, 1.807) is 30.8 Å². The molecule has 3 aromatic heterocycles. The number of hydrogen-bond acceptors (Lipinski definition) is 9.